The maximum absolute atomic E-state index is 3.84. The van der Waals surface area contributed by atoms with Gasteiger partial charge in [-0.1, -0.05) is 13.3 Å². The smallest absolute Gasteiger partial charge is 0.00799 e. The Labute approximate surface area is 107 Å². The van der Waals surface area contributed by atoms with Crippen molar-refractivity contribution in [2.45, 2.75) is 71.4 Å². The van der Waals surface area contributed by atoms with Gasteiger partial charge in [0.15, 0.2) is 0 Å². The zero-order valence-corrected chi connectivity index (χ0v) is 12.0. The van der Waals surface area contributed by atoms with E-state index in [4.69, 9.17) is 0 Å². The first-order chi connectivity index (χ1) is 8.09. The van der Waals surface area contributed by atoms with Crippen molar-refractivity contribution in [2.24, 2.45) is 5.41 Å². The lowest BCUT2D eigenvalue weighted by atomic mass is 9.70. The molecule has 2 nitrogen and oxygen atoms in total. The van der Waals surface area contributed by atoms with Crippen LogP contribution >= 0.6 is 0 Å². The van der Waals surface area contributed by atoms with E-state index in [0.29, 0.717) is 5.41 Å². The molecule has 1 unspecified atom stereocenters. The van der Waals surface area contributed by atoms with Crippen molar-refractivity contribution in [3.63, 3.8) is 0 Å². The predicted octanol–water partition coefficient (Wildman–Crippen LogP) is 3.03. The van der Waals surface area contributed by atoms with Gasteiger partial charge in [-0.2, -0.15) is 0 Å². The highest BCUT2D eigenvalue weighted by Crippen LogP contribution is 2.39. The van der Waals surface area contributed by atoms with E-state index < -0.39 is 0 Å². The van der Waals surface area contributed by atoms with Crippen LogP contribution in [0.4, 0.5) is 0 Å². The third-order valence-electron chi connectivity index (χ3n) is 4.87. The Bertz CT molecular complexity index is 233. The minimum Gasteiger partial charge on any atom is -0.313 e. The quantitative estimate of drug-likeness (QED) is 0.810. The van der Waals surface area contributed by atoms with Crippen LogP contribution in [0.1, 0.15) is 59.3 Å². The van der Waals surface area contributed by atoms with Crippen LogP contribution in [-0.2, 0) is 0 Å². The minimum atomic E-state index is 0.629. The molecule has 100 valence electrons. The summed E-state index contributed by atoms with van der Waals surface area (Å²) in [4.78, 5) is 2.63. The lowest BCUT2D eigenvalue weighted by Gasteiger charge is -2.39. The highest BCUT2D eigenvalue weighted by atomic mass is 15.1. The summed E-state index contributed by atoms with van der Waals surface area (Å²) < 4.78 is 0. The van der Waals surface area contributed by atoms with Gasteiger partial charge in [0.1, 0.15) is 0 Å². The first-order valence-corrected chi connectivity index (χ1v) is 7.56. The molecule has 1 heterocycles. The van der Waals surface area contributed by atoms with Gasteiger partial charge in [0.25, 0.3) is 0 Å². The molecule has 1 saturated heterocycles. The summed E-state index contributed by atoms with van der Waals surface area (Å²) in [5.74, 6) is 0. The monoisotopic (exact) mass is 238 g/mol. The van der Waals surface area contributed by atoms with Gasteiger partial charge in [-0.15, -0.1) is 0 Å². The number of nitrogens with one attached hydrogen (secondary N) is 1. The van der Waals surface area contributed by atoms with E-state index in [1.165, 1.54) is 58.2 Å². The van der Waals surface area contributed by atoms with E-state index in [9.17, 15) is 0 Å². The molecule has 0 aromatic heterocycles. The largest absolute Gasteiger partial charge is 0.313 e. The fourth-order valence-electron chi connectivity index (χ4n) is 3.19. The average Bonchev–Trinajstić information content (AvgIpc) is 2.49. The van der Waals surface area contributed by atoms with Gasteiger partial charge >= 0.3 is 0 Å². The molecule has 1 saturated carbocycles. The van der Waals surface area contributed by atoms with Gasteiger partial charge in [-0.25, -0.2) is 0 Å². The normalized spacial score (nSPS) is 30.0. The van der Waals surface area contributed by atoms with Crippen molar-refractivity contribution in [1.82, 2.24) is 10.2 Å². The summed E-state index contributed by atoms with van der Waals surface area (Å²) in [5, 5.41) is 3.84. The number of hydrogen-bond donors (Lipinski definition) is 1. The molecule has 0 radical (unpaired) electrons. The zero-order valence-electron chi connectivity index (χ0n) is 12.0. The van der Waals surface area contributed by atoms with E-state index in [1.807, 2.05) is 0 Å². The lowest BCUT2D eigenvalue weighted by molar-refractivity contribution is 0.148. The maximum Gasteiger partial charge on any atom is 0.00799 e. The van der Waals surface area contributed by atoms with Gasteiger partial charge in [-0.3, -0.25) is 0 Å². The average molecular weight is 238 g/mol. The van der Waals surface area contributed by atoms with Gasteiger partial charge in [0.05, 0.1) is 0 Å². The second-order valence-electron chi connectivity index (χ2n) is 6.80. The van der Waals surface area contributed by atoms with Crippen LogP contribution in [0.2, 0.25) is 0 Å². The molecule has 0 aromatic rings. The summed E-state index contributed by atoms with van der Waals surface area (Å²) >= 11 is 0. The third-order valence-corrected chi connectivity index (χ3v) is 4.87. The van der Waals surface area contributed by atoms with Crippen molar-refractivity contribution in [3.05, 3.63) is 0 Å². The van der Waals surface area contributed by atoms with Gasteiger partial charge in [0.2, 0.25) is 0 Å². The fraction of sp³-hybridized carbons (Fsp3) is 1.00. The Morgan fingerprint density at radius 1 is 1.18 bits per heavy atom. The van der Waals surface area contributed by atoms with Crippen molar-refractivity contribution in [2.75, 3.05) is 19.6 Å². The molecule has 0 aromatic carbocycles. The van der Waals surface area contributed by atoms with Crippen molar-refractivity contribution >= 4 is 0 Å². The topological polar surface area (TPSA) is 15.3 Å². The van der Waals surface area contributed by atoms with Crippen LogP contribution < -0.4 is 5.32 Å². The summed E-state index contributed by atoms with van der Waals surface area (Å²) in [5.41, 5.74) is 0.629. The van der Waals surface area contributed by atoms with Crippen molar-refractivity contribution in [1.29, 1.82) is 0 Å². The molecule has 17 heavy (non-hydrogen) atoms. The molecule has 1 aliphatic carbocycles. The molecule has 2 fully saturated rings. The Morgan fingerprint density at radius 3 is 2.53 bits per heavy atom. The fourth-order valence-corrected chi connectivity index (χ4v) is 3.19. The number of rotatable bonds is 4. The van der Waals surface area contributed by atoms with Gasteiger partial charge in [0, 0.05) is 18.6 Å². The summed E-state index contributed by atoms with van der Waals surface area (Å²) in [6.07, 6.45) is 8.40. The molecule has 2 heteroatoms. The number of hydrogen-bond acceptors (Lipinski definition) is 2. The second kappa shape index (κ2) is 5.71. The Hall–Kier alpha value is -0.0800. The van der Waals surface area contributed by atoms with Crippen LogP contribution in [0.5, 0.6) is 0 Å². The minimum absolute atomic E-state index is 0.629. The van der Waals surface area contributed by atoms with E-state index in [2.05, 4.69) is 31.0 Å². The van der Waals surface area contributed by atoms with E-state index in [1.54, 1.807) is 0 Å². The van der Waals surface area contributed by atoms with E-state index in [-0.39, 0.29) is 0 Å². The second-order valence-corrected chi connectivity index (χ2v) is 6.80. The molecule has 1 N–H and O–H groups in total. The van der Waals surface area contributed by atoms with E-state index in [0.717, 1.165) is 12.1 Å². The number of likely N-dealkylation sites (tertiary alicyclic amines) is 1. The molecule has 1 atom stereocenters. The SMILES string of the molecule is CC(C)N1CCCC(NCC2(C)CCC2)CC1. The summed E-state index contributed by atoms with van der Waals surface area (Å²) in [6.45, 7) is 10.9. The maximum atomic E-state index is 3.84. The van der Waals surface area contributed by atoms with Gasteiger partial charge in [-0.05, 0) is 64.5 Å². The highest BCUT2D eigenvalue weighted by molar-refractivity contribution is 4.87. The van der Waals surface area contributed by atoms with Crippen LogP contribution in [0.25, 0.3) is 0 Å². The lowest BCUT2D eigenvalue weighted by Crippen LogP contribution is -2.42. The third kappa shape index (κ3) is 3.69. The Morgan fingerprint density at radius 2 is 1.94 bits per heavy atom. The molecule has 0 spiro atoms. The standard InChI is InChI=1S/C15H30N2/c1-13(2)17-10-4-6-14(7-11-17)16-12-15(3)8-5-9-15/h13-14,16H,4-12H2,1-3H3. The summed E-state index contributed by atoms with van der Waals surface area (Å²) in [7, 11) is 0. The molecule has 1 aliphatic heterocycles. The van der Waals surface area contributed by atoms with Crippen LogP contribution in [0.3, 0.4) is 0 Å². The van der Waals surface area contributed by atoms with Crippen LogP contribution in [-0.4, -0.2) is 36.6 Å². The van der Waals surface area contributed by atoms with Gasteiger partial charge < -0.3 is 10.2 Å². The Kier molecular flexibility index (Phi) is 4.48. The molecule has 2 rings (SSSR count). The molecular formula is C15H30N2. The van der Waals surface area contributed by atoms with Crippen LogP contribution in [0, 0.1) is 5.41 Å². The molecular weight excluding hydrogens is 208 g/mol. The molecule has 0 amide bonds. The predicted molar refractivity (Wildman–Crippen MR) is 74.3 cm³/mol. The Balaban J connectivity index is 1.71. The van der Waals surface area contributed by atoms with E-state index >= 15 is 0 Å². The van der Waals surface area contributed by atoms with Crippen molar-refractivity contribution < 1.29 is 0 Å². The molecule has 0 bridgehead atoms. The number of nitrogens with zero attached hydrogens (tertiary/aromatic N) is 1. The highest BCUT2D eigenvalue weighted by Gasteiger charge is 2.32. The molecule has 2 aliphatic rings. The van der Waals surface area contributed by atoms with Crippen molar-refractivity contribution in [3.8, 4) is 0 Å². The van der Waals surface area contributed by atoms with Crippen LogP contribution in [0.15, 0.2) is 0 Å². The first-order valence-electron chi connectivity index (χ1n) is 7.56. The zero-order chi connectivity index (χ0) is 12.3. The summed E-state index contributed by atoms with van der Waals surface area (Å²) in [6, 6.07) is 1.49. The first kappa shape index (κ1) is 13.4.